The lowest BCUT2D eigenvalue weighted by molar-refractivity contribution is 0.111. The minimum atomic E-state index is 0.527. The number of nitrogens with zero attached hydrogens (tertiary/aromatic N) is 1. The third-order valence-corrected chi connectivity index (χ3v) is 3.06. The second-order valence-corrected chi connectivity index (χ2v) is 4.24. The van der Waals surface area contributed by atoms with Gasteiger partial charge in [-0.25, -0.2) is 0 Å². The van der Waals surface area contributed by atoms with Crippen molar-refractivity contribution in [3.05, 3.63) is 57.8 Å². The van der Waals surface area contributed by atoms with Gasteiger partial charge in [-0.15, -0.1) is 0 Å². The van der Waals surface area contributed by atoms with Crippen molar-refractivity contribution in [1.29, 1.82) is 0 Å². The average Bonchev–Trinajstić information content (AvgIpc) is 2.71. The Morgan fingerprint density at radius 1 is 1.19 bits per heavy atom. The first-order valence-corrected chi connectivity index (χ1v) is 5.50. The number of halogens is 2. The molecule has 0 radical (unpaired) electrons. The van der Waals surface area contributed by atoms with E-state index >= 15 is 0 Å². The first-order chi connectivity index (χ1) is 7.70. The first kappa shape index (κ1) is 11.2. The van der Waals surface area contributed by atoms with Gasteiger partial charge in [-0.2, -0.15) is 0 Å². The van der Waals surface area contributed by atoms with Gasteiger partial charge in [0.05, 0.1) is 15.7 Å². The lowest BCUT2D eigenvalue weighted by Crippen LogP contribution is -2.02. The van der Waals surface area contributed by atoms with Crippen molar-refractivity contribution in [3.8, 4) is 0 Å². The van der Waals surface area contributed by atoms with Crippen LogP contribution >= 0.6 is 23.2 Å². The molecule has 1 heterocycles. The van der Waals surface area contributed by atoms with Crippen LogP contribution in [0.25, 0.3) is 0 Å². The van der Waals surface area contributed by atoms with Crippen molar-refractivity contribution in [1.82, 2.24) is 4.57 Å². The Balaban J connectivity index is 2.27. The Labute approximate surface area is 103 Å². The standard InChI is InChI=1S/C12H9Cl2NO/c13-11-4-3-9(6-12(11)14)7-15-5-1-2-10(15)8-16/h1-6,8H,7H2. The van der Waals surface area contributed by atoms with Crippen LogP contribution in [0.1, 0.15) is 16.1 Å². The zero-order valence-electron chi connectivity index (χ0n) is 8.36. The zero-order chi connectivity index (χ0) is 11.5. The predicted molar refractivity (Wildman–Crippen MR) is 65.4 cm³/mol. The maximum atomic E-state index is 10.7. The fourth-order valence-corrected chi connectivity index (χ4v) is 1.83. The van der Waals surface area contributed by atoms with E-state index in [9.17, 15) is 4.79 Å². The maximum Gasteiger partial charge on any atom is 0.166 e. The molecule has 0 amide bonds. The molecule has 0 aliphatic heterocycles. The van der Waals surface area contributed by atoms with Gasteiger partial charge in [-0.05, 0) is 29.8 Å². The van der Waals surface area contributed by atoms with Crippen molar-refractivity contribution >= 4 is 29.5 Å². The molecule has 0 aliphatic rings. The second kappa shape index (κ2) is 4.73. The summed E-state index contributed by atoms with van der Waals surface area (Å²) < 4.78 is 1.85. The summed E-state index contributed by atoms with van der Waals surface area (Å²) in [5.41, 5.74) is 1.65. The number of aldehydes is 1. The van der Waals surface area contributed by atoms with Gasteiger partial charge >= 0.3 is 0 Å². The molecule has 1 aromatic heterocycles. The van der Waals surface area contributed by atoms with E-state index in [0.29, 0.717) is 22.3 Å². The summed E-state index contributed by atoms with van der Waals surface area (Å²) in [6.07, 6.45) is 2.68. The van der Waals surface area contributed by atoms with Crippen molar-refractivity contribution in [2.45, 2.75) is 6.54 Å². The smallest absolute Gasteiger partial charge is 0.166 e. The monoisotopic (exact) mass is 253 g/mol. The van der Waals surface area contributed by atoms with E-state index < -0.39 is 0 Å². The first-order valence-electron chi connectivity index (χ1n) is 4.75. The summed E-state index contributed by atoms with van der Waals surface area (Å²) in [5.74, 6) is 0. The summed E-state index contributed by atoms with van der Waals surface area (Å²) in [4.78, 5) is 10.7. The van der Waals surface area contributed by atoms with E-state index in [1.165, 1.54) is 0 Å². The normalized spacial score (nSPS) is 10.4. The topological polar surface area (TPSA) is 22.0 Å². The van der Waals surface area contributed by atoms with Crippen LogP contribution in [0.5, 0.6) is 0 Å². The molecule has 4 heteroatoms. The fourth-order valence-electron chi connectivity index (χ4n) is 1.51. The maximum absolute atomic E-state index is 10.7. The lowest BCUT2D eigenvalue weighted by atomic mass is 10.2. The summed E-state index contributed by atoms with van der Waals surface area (Å²) in [7, 11) is 0. The molecule has 16 heavy (non-hydrogen) atoms. The third-order valence-electron chi connectivity index (χ3n) is 2.32. The molecular formula is C12H9Cl2NO. The van der Waals surface area contributed by atoms with E-state index in [1.54, 1.807) is 18.2 Å². The quantitative estimate of drug-likeness (QED) is 0.766. The van der Waals surface area contributed by atoms with E-state index in [0.717, 1.165) is 11.8 Å². The number of carbonyl (C=O) groups is 1. The van der Waals surface area contributed by atoms with Crippen LogP contribution in [0.2, 0.25) is 10.0 Å². The molecule has 2 rings (SSSR count). The SMILES string of the molecule is O=Cc1cccn1Cc1ccc(Cl)c(Cl)c1. The molecule has 0 N–H and O–H groups in total. The minimum absolute atomic E-state index is 0.527. The number of hydrogen-bond donors (Lipinski definition) is 0. The molecular weight excluding hydrogens is 245 g/mol. The van der Waals surface area contributed by atoms with E-state index in [2.05, 4.69) is 0 Å². The number of carbonyl (C=O) groups excluding carboxylic acids is 1. The third kappa shape index (κ3) is 2.29. The van der Waals surface area contributed by atoms with Crippen LogP contribution in [0, 0.1) is 0 Å². The van der Waals surface area contributed by atoms with Crippen LogP contribution in [-0.4, -0.2) is 10.9 Å². The zero-order valence-corrected chi connectivity index (χ0v) is 9.87. The highest BCUT2D eigenvalue weighted by atomic mass is 35.5. The van der Waals surface area contributed by atoms with Crippen LogP contribution in [0.15, 0.2) is 36.5 Å². The predicted octanol–water partition coefficient (Wildman–Crippen LogP) is 3.66. The Hall–Kier alpha value is -1.25. The highest BCUT2D eigenvalue weighted by Crippen LogP contribution is 2.23. The number of benzene rings is 1. The van der Waals surface area contributed by atoms with Crippen LogP contribution < -0.4 is 0 Å². The molecule has 82 valence electrons. The van der Waals surface area contributed by atoms with Crippen molar-refractivity contribution < 1.29 is 4.79 Å². The Morgan fingerprint density at radius 2 is 2.00 bits per heavy atom. The molecule has 1 aromatic carbocycles. The fraction of sp³-hybridized carbons (Fsp3) is 0.0833. The van der Waals surface area contributed by atoms with Gasteiger partial charge < -0.3 is 4.57 Å². The molecule has 0 aliphatic carbocycles. The number of rotatable bonds is 3. The van der Waals surface area contributed by atoms with Crippen molar-refractivity contribution in [2.24, 2.45) is 0 Å². The van der Waals surface area contributed by atoms with Gasteiger partial charge in [-0.1, -0.05) is 29.3 Å². The Morgan fingerprint density at radius 3 is 2.69 bits per heavy atom. The summed E-state index contributed by atoms with van der Waals surface area (Å²) >= 11 is 11.7. The van der Waals surface area contributed by atoms with Gasteiger partial charge in [0.1, 0.15) is 0 Å². The van der Waals surface area contributed by atoms with Gasteiger partial charge in [0.25, 0.3) is 0 Å². The number of hydrogen-bond acceptors (Lipinski definition) is 1. The molecule has 0 fully saturated rings. The molecule has 2 nitrogen and oxygen atoms in total. The van der Waals surface area contributed by atoms with Gasteiger partial charge in [-0.3, -0.25) is 4.79 Å². The minimum Gasteiger partial charge on any atom is -0.341 e. The summed E-state index contributed by atoms with van der Waals surface area (Å²) in [5, 5.41) is 1.06. The van der Waals surface area contributed by atoms with Crippen molar-refractivity contribution in [3.63, 3.8) is 0 Å². The summed E-state index contributed by atoms with van der Waals surface area (Å²) in [6.45, 7) is 0.609. The Bertz CT molecular complexity index is 519. The van der Waals surface area contributed by atoms with Crippen LogP contribution in [0.3, 0.4) is 0 Å². The van der Waals surface area contributed by atoms with Gasteiger partial charge in [0, 0.05) is 12.7 Å². The molecule has 0 spiro atoms. The van der Waals surface area contributed by atoms with Gasteiger partial charge in [0.15, 0.2) is 6.29 Å². The highest BCUT2D eigenvalue weighted by molar-refractivity contribution is 6.42. The molecule has 2 aromatic rings. The highest BCUT2D eigenvalue weighted by Gasteiger charge is 2.03. The summed E-state index contributed by atoms with van der Waals surface area (Å²) in [6, 6.07) is 9.05. The molecule has 0 bridgehead atoms. The lowest BCUT2D eigenvalue weighted by Gasteiger charge is -2.06. The molecule has 0 saturated heterocycles. The van der Waals surface area contributed by atoms with E-state index in [1.807, 2.05) is 22.9 Å². The molecule has 0 unspecified atom stereocenters. The van der Waals surface area contributed by atoms with E-state index in [4.69, 9.17) is 23.2 Å². The van der Waals surface area contributed by atoms with Gasteiger partial charge in [0.2, 0.25) is 0 Å². The van der Waals surface area contributed by atoms with Crippen LogP contribution in [0.4, 0.5) is 0 Å². The molecule has 0 atom stereocenters. The molecule has 0 saturated carbocycles. The average molecular weight is 254 g/mol. The van der Waals surface area contributed by atoms with Crippen molar-refractivity contribution in [2.75, 3.05) is 0 Å². The Kier molecular flexibility index (Phi) is 3.32. The number of aromatic nitrogens is 1. The second-order valence-electron chi connectivity index (χ2n) is 3.43. The largest absolute Gasteiger partial charge is 0.341 e. The van der Waals surface area contributed by atoms with E-state index in [-0.39, 0.29) is 0 Å². The van der Waals surface area contributed by atoms with Crippen LogP contribution in [-0.2, 0) is 6.54 Å².